The van der Waals surface area contributed by atoms with Gasteiger partial charge in [-0.25, -0.2) is 8.78 Å². The fraction of sp³-hybridized carbons (Fsp3) is 0.526. The Morgan fingerprint density at radius 1 is 1.24 bits per heavy atom. The smallest absolute Gasteiger partial charge is 0.246 e. The van der Waals surface area contributed by atoms with Gasteiger partial charge >= 0.3 is 0 Å². The summed E-state index contributed by atoms with van der Waals surface area (Å²) in [7, 11) is 1.59. The van der Waals surface area contributed by atoms with Crippen molar-refractivity contribution in [1.82, 2.24) is 15.5 Å². The summed E-state index contributed by atoms with van der Waals surface area (Å²) in [5, 5.41) is 4.44. The number of carbonyl (C=O) groups excluding carboxylic acids is 3. The molecule has 2 unspecified atom stereocenters. The van der Waals surface area contributed by atoms with Gasteiger partial charge in [0.05, 0.1) is 5.54 Å². The van der Waals surface area contributed by atoms with Crippen molar-refractivity contribution in [2.75, 3.05) is 38.1 Å². The van der Waals surface area contributed by atoms with Crippen LogP contribution in [0.25, 0.3) is 0 Å². The first-order valence-electron chi connectivity index (χ1n) is 9.24. The van der Waals surface area contributed by atoms with Crippen molar-refractivity contribution in [2.45, 2.75) is 25.8 Å². The highest BCUT2D eigenvalue weighted by Crippen LogP contribution is 2.27. The molecule has 1 aliphatic heterocycles. The Morgan fingerprint density at radius 3 is 2.28 bits per heavy atom. The average molecular weight is 431 g/mol. The second kappa shape index (κ2) is 9.49. The molecule has 1 aliphatic rings. The number of nitrogens with zero attached hydrogens (tertiary/aromatic N) is 2. The van der Waals surface area contributed by atoms with Gasteiger partial charge in [-0.05, 0) is 32.5 Å². The molecule has 1 aromatic rings. The summed E-state index contributed by atoms with van der Waals surface area (Å²) in [4.78, 5) is 38.9. The van der Waals surface area contributed by atoms with Crippen LogP contribution < -0.4 is 15.5 Å². The van der Waals surface area contributed by atoms with Crippen LogP contribution in [0, 0.1) is 17.6 Å². The van der Waals surface area contributed by atoms with E-state index in [0.29, 0.717) is 38.3 Å². The molecule has 0 saturated carbocycles. The first-order valence-corrected chi connectivity index (χ1v) is 9.62. The van der Waals surface area contributed by atoms with Crippen molar-refractivity contribution >= 4 is 35.5 Å². The molecule has 0 aliphatic carbocycles. The van der Waals surface area contributed by atoms with E-state index < -0.39 is 34.0 Å². The molecule has 160 valence electrons. The van der Waals surface area contributed by atoms with Crippen LogP contribution in [0.5, 0.6) is 0 Å². The van der Waals surface area contributed by atoms with Gasteiger partial charge in [0.1, 0.15) is 16.7 Å². The predicted octanol–water partition coefficient (Wildman–Crippen LogP) is 1.54. The summed E-state index contributed by atoms with van der Waals surface area (Å²) >= 11 is 5.52. The third-order valence-corrected chi connectivity index (χ3v) is 5.67. The van der Waals surface area contributed by atoms with E-state index in [4.69, 9.17) is 11.6 Å². The van der Waals surface area contributed by atoms with E-state index in [-0.39, 0.29) is 12.3 Å². The van der Waals surface area contributed by atoms with Gasteiger partial charge < -0.3 is 15.1 Å². The van der Waals surface area contributed by atoms with E-state index in [1.165, 1.54) is 12.1 Å². The molecule has 1 saturated heterocycles. The van der Waals surface area contributed by atoms with E-state index in [1.54, 1.807) is 30.7 Å². The molecular weight excluding hydrogens is 406 g/mol. The maximum Gasteiger partial charge on any atom is 0.246 e. The number of nitrogens with one attached hydrogen (secondary N) is 2. The van der Waals surface area contributed by atoms with Crippen molar-refractivity contribution < 1.29 is 23.2 Å². The maximum atomic E-state index is 13.7. The Kier molecular flexibility index (Phi) is 7.54. The molecule has 10 heteroatoms. The normalized spacial score (nSPS) is 17.4. The third kappa shape index (κ3) is 5.22. The lowest BCUT2D eigenvalue weighted by atomic mass is 9.88. The molecule has 3 amide bonds. The Labute approximate surface area is 173 Å². The number of halogens is 3. The SMILES string of the molecule is CNC(C)(CC(C)C(=O)N1CCN(c2cc(F)c(Cl)c(F)c2)CC1)C(=O)NC=O. The molecule has 7 nitrogen and oxygen atoms in total. The van der Waals surface area contributed by atoms with Gasteiger partial charge in [-0.1, -0.05) is 18.5 Å². The summed E-state index contributed by atoms with van der Waals surface area (Å²) < 4.78 is 27.4. The summed E-state index contributed by atoms with van der Waals surface area (Å²) in [5.74, 6) is -2.76. The molecule has 0 bridgehead atoms. The topological polar surface area (TPSA) is 81.8 Å². The van der Waals surface area contributed by atoms with Crippen molar-refractivity contribution in [1.29, 1.82) is 0 Å². The highest BCUT2D eigenvalue weighted by molar-refractivity contribution is 6.31. The van der Waals surface area contributed by atoms with Crippen LogP contribution in [-0.2, 0) is 14.4 Å². The highest BCUT2D eigenvalue weighted by atomic mass is 35.5. The van der Waals surface area contributed by atoms with Gasteiger partial charge in [0.25, 0.3) is 0 Å². The highest BCUT2D eigenvalue weighted by Gasteiger charge is 2.36. The molecule has 0 radical (unpaired) electrons. The molecule has 0 spiro atoms. The van der Waals surface area contributed by atoms with Crippen LogP contribution in [0.2, 0.25) is 5.02 Å². The monoisotopic (exact) mass is 430 g/mol. The van der Waals surface area contributed by atoms with Crippen molar-refractivity contribution in [3.05, 3.63) is 28.8 Å². The predicted molar refractivity (Wildman–Crippen MR) is 106 cm³/mol. The Hall–Kier alpha value is -2.26. The first-order chi connectivity index (χ1) is 13.6. The van der Waals surface area contributed by atoms with Crippen LogP contribution in [0.4, 0.5) is 14.5 Å². The van der Waals surface area contributed by atoms with E-state index in [2.05, 4.69) is 10.6 Å². The third-order valence-electron chi connectivity index (χ3n) is 5.30. The van der Waals surface area contributed by atoms with Gasteiger partial charge in [0.15, 0.2) is 0 Å². The number of hydrogen-bond acceptors (Lipinski definition) is 5. The number of carbonyl (C=O) groups is 3. The molecule has 29 heavy (non-hydrogen) atoms. The van der Waals surface area contributed by atoms with Gasteiger partial charge in [-0.3, -0.25) is 19.7 Å². The van der Waals surface area contributed by atoms with Crippen molar-refractivity contribution in [2.24, 2.45) is 5.92 Å². The minimum Gasteiger partial charge on any atom is -0.368 e. The zero-order valence-electron chi connectivity index (χ0n) is 16.6. The lowest BCUT2D eigenvalue weighted by Gasteiger charge is -2.38. The van der Waals surface area contributed by atoms with Gasteiger partial charge in [-0.2, -0.15) is 0 Å². The first kappa shape index (κ1) is 23.0. The second-order valence-corrected chi connectivity index (χ2v) is 7.69. The van der Waals surface area contributed by atoms with Crippen LogP contribution in [0.3, 0.4) is 0 Å². The number of likely N-dealkylation sites (N-methyl/N-ethyl adjacent to an activating group) is 1. The Balaban J connectivity index is 1.99. The van der Waals surface area contributed by atoms with Crippen LogP contribution >= 0.6 is 11.6 Å². The largest absolute Gasteiger partial charge is 0.368 e. The number of amides is 3. The van der Waals surface area contributed by atoms with E-state index in [0.717, 1.165) is 0 Å². The van der Waals surface area contributed by atoms with E-state index in [9.17, 15) is 23.2 Å². The standard InChI is InChI=1S/C19H25ClF2N4O3/c1-12(10-19(2,23-3)18(29)24-11-27)17(28)26-6-4-25(5-7-26)13-8-14(21)16(20)15(22)9-13/h8-9,11-12,23H,4-7,10H2,1-3H3,(H,24,27,29). The van der Waals surface area contributed by atoms with Crippen molar-refractivity contribution in [3.63, 3.8) is 0 Å². The zero-order chi connectivity index (χ0) is 21.8. The number of piperazine rings is 1. The molecule has 2 rings (SSSR count). The summed E-state index contributed by atoms with van der Waals surface area (Å²) in [6.45, 7) is 4.93. The molecule has 0 aromatic heterocycles. The number of anilines is 1. The van der Waals surface area contributed by atoms with Crippen LogP contribution in [0.1, 0.15) is 20.3 Å². The maximum absolute atomic E-state index is 13.7. The molecule has 2 atom stereocenters. The minimum absolute atomic E-state index is 0.126. The Morgan fingerprint density at radius 2 is 1.79 bits per heavy atom. The van der Waals surface area contributed by atoms with Crippen molar-refractivity contribution in [3.8, 4) is 0 Å². The zero-order valence-corrected chi connectivity index (χ0v) is 17.4. The lowest BCUT2D eigenvalue weighted by Crippen LogP contribution is -2.56. The van der Waals surface area contributed by atoms with Crippen LogP contribution in [-0.4, -0.2) is 61.9 Å². The fourth-order valence-corrected chi connectivity index (χ4v) is 3.55. The number of hydrogen-bond donors (Lipinski definition) is 2. The molecule has 1 fully saturated rings. The molecule has 1 heterocycles. The van der Waals surface area contributed by atoms with E-state index >= 15 is 0 Å². The fourth-order valence-electron chi connectivity index (χ4n) is 3.44. The average Bonchev–Trinajstić information content (AvgIpc) is 2.71. The van der Waals surface area contributed by atoms with Gasteiger partial charge in [0.2, 0.25) is 18.2 Å². The van der Waals surface area contributed by atoms with Gasteiger partial charge in [-0.15, -0.1) is 0 Å². The number of imide groups is 1. The summed E-state index contributed by atoms with van der Waals surface area (Å²) in [6.07, 6.45) is 0.516. The molecule has 1 aromatic carbocycles. The number of benzene rings is 1. The van der Waals surface area contributed by atoms with Crippen LogP contribution in [0.15, 0.2) is 12.1 Å². The molecule has 2 N–H and O–H groups in total. The minimum atomic E-state index is -1.07. The van der Waals surface area contributed by atoms with E-state index in [1.807, 2.05) is 0 Å². The Bertz CT molecular complexity index is 764. The summed E-state index contributed by atoms with van der Waals surface area (Å²) in [5.41, 5.74) is -0.700. The summed E-state index contributed by atoms with van der Waals surface area (Å²) in [6, 6.07) is 2.35. The molecular formula is C19H25ClF2N4O3. The second-order valence-electron chi connectivity index (χ2n) is 7.31. The van der Waals surface area contributed by atoms with Gasteiger partial charge in [0, 0.05) is 37.8 Å². The quantitative estimate of drug-likeness (QED) is 0.506. The lowest BCUT2D eigenvalue weighted by molar-refractivity contribution is -0.137. The number of rotatable bonds is 7.